The zero-order valence-corrected chi connectivity index (χ0v) is 19.9. The van der Waals surface area contributed by atoms with Gasteiger partial charge in [-0.2, -0.15) is 0 Å². The summed E-state index contributed by atoms with van der Waals surface area (Å²) < 4.78 is 3.16. The summed E-state index contributed by atoms with van der Waals surface area (Å²) >= 11 is -0.659. The zero-order valence-electron chi connectivity index (χ0n) is 14.1. The molecule has 2 rings (SSSR count). The average Bonchev–Trinajstić information content (AvgIpc) is 2.36. The van der Waals surface area contributed by atoms with Crippen LogP contribution in [0.5, 0.6) is 0 Å². The molecule has 0 aliphatic carbocycles. The van der Waals surface area contributed by atoms with Crippen molar-refractivity contribution in [2.45, 2.75) is 41.5 Å². The van der Waals surface area contributed by atoms with Gasteiger partial charge in [0.2, 0.25) is 0 Å². The van der Waals surface area contributed by atoms with E-state index in [1.54, 1.807) is 8.70 Å². The van der Waals surface area contributed by atoms with E-state index in [1.807, 2.05) is 0 Å². The van der Waals surface area contributed by atoms with Crippen LogP contribution in [-0.4, -0.2) is 31.2 Å². The predicted octanol–water partition coefficient (Wildman–Crippen LogP) is 4.19. The molecule has 0 nitrogen and oxygen atoms in total. The van der Waals surface area contributed by atoms with Crippen LogP contribution in [0, 0.1) is 41.5 Å². The van der Waals surface area contributed by atoms with Gasteiger partial charge in [0.05, 0.1) is 0 Å². The Morgan fingerprint density at radius 1 is 0.636 bits per heavy atom. The fourth-order valence-corrected chi connectivity index (χ4v) is 5.30. The quantitative estimate of drug-likeness (QED) is 0.598. The van der Waals surface area contributed by atoms with Crippen LogP contribution in [-0.2, 0) is 0 Å². The molecule has 0 N–H and O–H groups in total. The van der Waals surface area contributed by atoms with Gasteiger partial charge >= 0.3 is 158 Å². The number of halogens is 2. The van der Waals surface area contributed by atoms with Gasteiger partial charge in [-0.1, -0.05) is 0 Å². The van der Waals surface area contributed by atoms with Crippen molar-refractivity contribution in [2.75, 3.05) is 0 Å². The van der Waals surface area contributed by atoms with E-state index >= 15 is 0 Å². The summed E-state index contributed by atoms with van der Waals surface area (Å²) in [5.74, 6) is 0. The summed E-state index contributed by atoms with van der Waals surface area (Å²) in [4.78, 5) is 0. The molecule has 2 aromatic rings. The fraction of sp³-hybridized carbons (Fsp3) is 0.333. The Morgan fingerprint density at radius 2 is 0.864 bits per heavy atom. The third kappa shape index (κ3) is 5.69. The van der Waals surface area contributed by atoms with E-state index < -0.39 is 15.4 Å². The molecular weight excluding hydrogens is 432 g/mol. The molecule has 22 heavy (non-hydrogen) atoms. The van der Waals surface area contributed by atoms with Crippen molar-refractivity contribution in [3.05, 3.63) is 57.6 Å². The van der Waals surface area contributed by atoms with Crippen molar-refractivity contribution in [3.63, 3.8) is 0 Å². The summed E-state index contributed by atoms with van der Waals surface area (Å²) in [6, 6.07) is 9.27. The third-order valence-electron chi connectivity index (χ3n) is 3.49. The Kier molecular flexibility index (Phi) is 8.74. The minimum atomic E-state index is -0.743. The first-order chi connectivity index (χ1) is 10.3. The number of hydrogen-bond acceptors (Lipinski definition) is 0. The second-order valence-electron chi connectivity index (χ2n) is 5.69. The van der Waals surface area contributed by atoms with Gasteiger partial charge in [-0.25, -0.2) is 0 Å². The van der Waals surface area contributed by atoms with Crippen LogP contribution in [0.25, 0.3) is 0 Å². The van der Waals surface area contributed by atoms with E-state index in [1.165, 1.54) is 33.4 Å². The van der Waals surface area contributed by atoms with Gasteiger partial charge in [-0.3, -0.25) is 0 Å². The van der Waals surface area contributed by atoms with Crippen LogP contribution >= 0.6 is 19.3 Å². The maximum absolute atomic E-state index is 4.92. The molecule has 0 aromatic heterocycles. The van der Waals surface area contributed by atoms with Gasteiger partial charge in [0.15, 0.2) is 0 Å². The monoisotopic (exact) mass is 452 g/mol. The Hall–Kier alpha value is 0.215. The van der Waals surface area contributed by atoms with E-state index in [4.69, 9.17) is 19.3 Å². The molecule has 0 fully saturated rings. The number of hydrogen-bond donors (Lipinski definition) is 0. The minimum absolute atomic E-state index is 0.0840. The molecule has 0 bridgehead atoms. The van der Waals surface area contributed by atoms with Gasteiger partial charge in [-0.05, 0) is 0 Å². The Labute approximate surface area is 157 Å². The summed E-state index contributed by atoms with van der Waals surface area (Å²) in [7, 11) is 9.84. The van der Waals surface area contributed by atoms with Gasteiger partial charge in [-0.15, -0.1) is 0 Å². The molecule has 0 spiro atoms. The first-order valence-corrected chi connectivity index (χ1v) is 15.4. The molecule has 0 atom stereocenters. The first kappa shape index (κ1) is 20.3. The molecule has 116 valence electrons. The van der Waals surface area contributed by atoms with Crippen LogP contribution < -0.4 is 8.70 Å². The molecule has 0 aliphatic rings. The predicted molar refractivity (Wildman–Crippen MR) is 104 cm³/mol. The van der Waals surface area contributed by atoms with Crippen LogP contribution in [0.2, 0.25) is 0 Å². The van der Waals surface area contributed by atoms with Crippen molar-refractivity contribution in [1.82, 2.24) is 0 Å². The molecule has 0 aliphatic heterocycles. The SMILES string of the molecule is Cc1cc(C)c([As]c2c(C)cc(C)cc2C)c(C)c1.[Cl][Ga][Cl]. The normalized spacial score (nSPS) is 10.0. The van der Waals surface area contributed by atoms with E-state index in [0.717, 1.165) is 0 Å². The molecule has 0 saturated heterocycles. The Morgan fingerprint density at radius 3 is 1.09 bits per heavy atom. The molecule has 0 amide bonds. The fourth-order valence-electron chi connectivity index (χ4n) is 2.81. The number of rotatable bonds is 2. The van der Waals surface area contributed by atoms with Gasteiger partial charge in [0, 0.05) is 0 Å². The molecule has 0 heterocycles. The Balaban J connectivity index is 0.000000745. The van der Waals surface area contributed by atoms with Gasteiger partial charge in [0.25, 0.3) is 0 Å². The van der Waals surface area contributed by atoms with E-state index in [9.17, 15) is 0 Å². The molecule has 0 unspecified atom stereocenters. The standard InChI is InChI=1S/C18H22As.2ClH.Ga/c1-11-7-13(3)17(14(4)8-11)19-18-15(5)9-12(2)10-16(18)6;;;/h7-10H,1-6H3;2*1H;/q;;;+2/p-2. The summed E-state index contributed by atoms with van der Waals surface area (Å²) in [6.45, 7) is 13.4. The third-order valence-corrected chi connectivity index (χ3v) is 7.39. The van der Waals surface area contributed by atoms with Crippen molar-refractivity contribution in [2.24, 2.45) is 0 Å². The molecule has 2 aromatic carbocycles. The van der Waals surface area contributed by atoms with Crippen LogP contribution in [0.15, 0.2) is 24.3 Å². The summed E-state index contributed by atoms with van der Waals surface area (Å²) in [5.41, 5.74) is 8.57. The van der Waals surface area contributed by atoms with Crippen molar-refractivity contribution in [1.29, 1.82) is 0 Å². The van der Waals surface area contributed by atoms with E-state index in [0.29, 0.717) is 0 Å². The summed E-state index contributed by atoms with van der Waals surface area (Å²) in [6.07, 6.45) is 0. The molecule has 2 radical (unpaired) electrons. The maximum atomic E-state index is 4.92. The topological polar surface area (TPSA) is 0 Å². The van der Waals surface area contributed by atoms with Crippen molar-refractivity contribution >= 4 is 59.1 Å². The molecule has 4 heteroatoms. The van der Waals surface area contributed by atoms with Crippen LogP contribution in [0.3, 0.4) is 0 Å². The van der Waals surface area contributed by atoms with Crippen molar-refractivity contribution < 1.29 is 0 Å². The number of aryl methyl sites for hydroxylation is 6. The summed E-state index contributed by atoms with van der Waals surface area (Å²) in [5, 5.41) is 0. The second-order valence-corrected chi connectivity index (χ2v) is 11.8. The van der Waals surface area contributed by atoms with E-state index in [-0.39, 0.29) is 15.8 Å². The first-order valence-electron chi connectivity index (χ1n) is 7.19. The van der Waals surface area contributed by atoms with E-state index in [2.05, 4.69) is 65.8 Å². The number of benzene rings is 2. The van der Waals surface area contributed by atoms with Crippen molar-refractivity contribution in [3.8, 4) is 0 Å². The molecular formula is C18H22AsCl2Ga. The van der Waals surface area contributed by atoms with Crippen LogP contribution in [0.1, 0.15) is 33.4 Å². The average molecular weight is 454 g/mol. The second kappa shape index (κ2) is 9.50. The Bertz CT molecular complexity index is 552. The molecule has 0 saturated carbocycles. The zero-order chi connectivity index (χ0) is 16.9. The van der Waals surface area contributed by atoms with Crippen LogP contribution in [0.4, 0.5) is 0 Å². The van der Waals surface area contributed by atoms with Gasteiger partial charge < -0.3 is 0 Å². The van der Waals surface area contributed by atoms with Gasteiger partial charge in [0.1, 0.15) is 0 Å².